The standard InChI is InChI=1S/C16H13Cl2N3O5/c17-10-1-3-12(13(18)6-10)16(24)20-8-15(23)19-7-9-5-11(21(25)26)2-4-14(9)22/h1-6,22H,7-8H2,(H,19,23)(H,20,24). The summed E-state index contributed by atoms with van der Waals surface area (Å²) >= 11 is 11.7. The number of nitrogens with one attached hydrogen (secondary N) is 2. The maximum absolute atomic E-state index is 12.0. The van der Waals surface area contributed by atoms with Crippen LogP contribution in [0.25, 0.3) is 0 Å². The van der Waals surface area contributed by atoms with Gasteiger partial charge in [0.15, 0.2) is 0 Å². The van der Waals surface area contributed by atoms with Gasteiger partial charge >= 0.3 is 0 Å². The number of non-ortho nitro benzene ring substituents is 1. The van der Waals surface area contributed by atoms with E-state index in [1.54, 1.807) is 0 Å². The van der Waals surface area contributed by atoms with Crippen LogP contribution in [0.4, 0.5) is 5.69 Å². The number of hydrogen-bond acceptors (Lipinski definition) is 5. The Kier molecular flexibility index (Phi) is 6.37. The van der Waals surface area contributed by atoms with E-state index in [1.807, 2.05) is 0 Å². The van der Waals surface area contributed by atoms with Crippen molar-refractivity contribution in [2.45, 2.75) is 6.54 Å². The molecule has 0 aromatic heterocycles. The largest absolute Gasteiger partial charge is 0.508 e. The van der Waals surface area contributed by atoms with E-state index in [0.717, 1.165) is 12.1 Å². The third-order valence-corrected chi connectivity index (χ3v) is 3.88. The van der Waals surface area contributed by atoms with E-state index in [-0.39, 0.29) is 40.7 Å². The Morgan fingerprint density at radius 1 is 1.12 bits per heavy atom. The van der Waals surface area contributed by atoms with E-state index in [0.29, 0.717) is 5.02 Å². The lowest BCUT2D eigenvalue weighted by Gasteiger charge is -2.09. The molecule has 2 amide bonds. The average molecular weight is 398 g/mol. The monoisotopic (exact) mass is 397 g/mol. The Hall–Kier alpha value is -2.84. The number of carbonyl (C=O) groups excluding carboxylic acids is 2. The molecule has 0 atom stereocenters. The van der Waals surface area contributed by atoms with Crippen LogP contribution in [0.2, 0.25) is 10.0 Å². The minimum absolute atomic E-state index is 0.135. The lowest BCUT2D eigenvalue weighted by molar-refractivity contribution is -0.384. The van der Waals surface area contributed by atoms with Crippen molar-refractivity contribution < 1.29 is 19.6 Å². The van der Waals surface area contributed by atoms with E-state index >= 15 is 0 Å². The molecule has 0 bridgehead atoms. The summed E-state index contributed by atoms with van der Waals surface area (Å²) in [5.74, 6) is -1.29. The van der Waals surface area contributed by atoms with Gasteiger partial charge < -0.3 is 15.7 Å². The van der Waals surface area contributed by atoms with Crippen LogP contribution in [-0.4, -0.2) is 28.4 Å². The molecule has 0 fully saturated rings. The Morgan fingerprint density at radius 2 is 1.85 bits per heavy atom. The van der Waals surface area contributed by atoms with Crippen molar-refractivity contribution in [1.29, 1.82) is 0 Å². The third-order valence-electron chi connectivity index (χ3n) is 3.34. The molecule has 2 rings (SSSR count). The van der Waals surface area contributed by atoms with Crippen molar-refractivity contribution in [3.05, 3.63) is 67.7 Å². The Balaban J connectivity index is 1.90. The molecule has 0 unspecified atom stereocenters. The highest BCUT2D eigenvalue weighted by Crippen LogP contribution is 2.23. The van der Waals surface area contributed by atoms with Crippen LogP contribution < -0.4 is 10.6 Å². The summed E-state index contributed by atoms with van der Waals surface area (Å²) in [6, 6.07) is 7.80. The van der Waals surface area contributed by atoms with Gasteiger partial charge in [0, 0.05) is 29.3 Å². The molecule has 2 aromatic rings. The molecule has 2 aromatic carbocycles. The molecule has 0 heterocycles. The molecule has 136 valence electrons. The molecule has 0 saturated heterocycles. The number of nitrogens with zero attached hydrogens (tertiary/aromatic N) is 1. The van der Waals surface area contributed by atoms with Crippen LogP contribution in [0, 0.1) is 10.1 Å². The molecule has 0 aliphatic rings. The number of aromatic hydroxyl groups is 1. The molecular formula is C16H13Cl2N3O5. The second kappa shape index (κ2) is 8.50. The minimum Gasteiger partial charge on any atom is -0.508 e. The van der Waals surface area contributed by atoms with Crippen molar-refractivity contribution in [2.75, 3.05) is 6.54 Å². The molecule has 10 heteroatoms. The van der Waals surface area contributed by atoms with Crippen LogP contribution in [-0.2, 0) is 11.3 Å². The van der Waals surface area contributed by atoms with Crippen LogP contribution in [0.3, 0.4) is 0 Å². The van der Waals surface area contributed by atoms with Gasteiger partial charge in [-0.25, -0.2) is 0 Å². The lowest BCUT2D eigenvalue weighted by Crippen LogP contribution is -2.36. The highest BCUT2D eigenvalue weighted by atomic mass is 35.5. The highest BCUT2D eigenvalue weighted by Gasteiger charge is 2.14. The first kappa shape index (κ1) is 19.5. The zero-order valence-corrected chi connectivity index (χ0v) is 14.7. The fourth-order valence-electron chi connectivity index (χ4n) is 2.01. The normalized spacial score (nSPS) is 10.2. The Morgan fingerprint density at radius 3 is 2.50 bits per heavy atom. The fraction of sp³-hybridized carbons (Fsp3) is 0.125. The summed E-state index contributed by atoms with van der Waals surface area (Å²) in [4.78, 5) is 33.9. The summed E-state index contributed by atoms with van der Waals surface area (Å²) in [5.41, 5.74) is 0.137. The smallest absolute Gasteiger partial charge is 0.270 e. The second-order valence-electron chi connectivity index (χ2n) is 5.15. The van der Waals surface area contributed by atoms with Gasteiger partial charge in [-0.05, 0) is 24.3 Å². The van der Waals surface area contributed by atoms with E-state index in [4.69, 9.17) is 23.2 Å². The second-order valence-corrected chi connectivity index (χ2v) is 6.00. The van der Waals surface area contributed by atoms with Crippen molar-refractivity contribution in [3.8, 4) is 5.75 Å². The molecule has 3 N–H and O–H groups in total. The molecule has 0 spiro atoms. The number of nitro groups is 1. The van der Waals surface area contributed by atoms with Crippen LogP contribution in [0.15, 0.2) is 36.4 Å². The number of rotatable bonds is 6. The van der Waals surface area contributed by atoms with Gasteiger partial charge in [-0.3, -0.25) is 19.7 Å². The molecule has 0 aliphatic heterocycles. The quantitative estimate of drug-likeness (QED) is 0.510. The minimum atomic E-state index is -0.610. The maximum atomic E-state index is 12.0. The molecule has 0 radical (unpaired) electrons. The van der Waals surface area contributed by atoms with E-state index in [1.165, 1.54) is 24.3 Å². The predicted molar refractivity (Wildman–Crippen MR) is 95.4 cm³/mol. The first-order chi connectivity index (χ1) is 12.3. The topological polar surface area (TPSA) is 122 Å². The molecule has 0 aliphatic carbocycles. The number of hydrogen-bond donors (Lipinski definition) is 3. The predicted octanol–water partition coefficient (Wildman–Crippen LogP) is 2.65. The number of carbonyl (C=O) groups is 2. The van der Waals surface area contributed by atoms with Crippen molar-refractivity contribution in [1.82, 2.24) is 10.6 Å². The van der Waals surface area contributed by atoms with Gasteiger partial charge in [0.1, 0.15) is 5.75 Å². The molecular weight excluding hydrogens is 385 g/mol. The zero-order valence-electron chi connectivity index (χ0n) is 13.2. The van der Waals surface area contributed by atoms with Gasteiger partial charge in [-0.2, -0.15) is 0 Å². The van der Waals surface area contributed by atoms with Crippen LogP contribution in [0.1, 0.15) is 15.9 Å². The number of halogens is 2. The van der Waals surface area contributed by atoms with E-state index in [2.05, 4.69) is 10.6 Å². The van der Waals surface area contributed by atoms with Crippen molar-refractivity contribution in [3.63, 3.8) is 0 Å². The number of phenolic OH excluding ortho intramolecular Hbond substituents is 1. The summed E-state index contributed by atoms with van der Waals surface area (Å²) in [6.07, 6.45) is 0. The molecule has 0 saturated carbocycles. The van der Waals surface area contributed by atoms with Gasteiger partial charge in [0.25, 0.3) is 11.6 Å². The van der Waals surface area contributed by atoms with Gasteiger partial charge in [-0.1, -0.05) is 23.2 Å². The first-order valence-electron chi connectivity index (χ1n) is 7.24. The Labute approximate surface area is 157 Å². The summed E-state index contributed by atoms with van der Waals surface area (Å²) in [5, 5.41) is 25.8. The fourth-order valence-corrected chi connectivity index (χ4v) is 2.51. The number of nitro benzene ring substituents is 1. The molecule has 8 nitrogen and oxygen atoms in total. The average Bonchev–Trinajstić information content (AvgIpc) is 2.58. The number of amides is 2. The van der Waals surface area contributed by atoms with Crippen LogP contribution >= 0.6 is 23.2 Å². The maximum Gasteiger partial charge on any atom is 0.270 e. The Bertz CT molecular complexity index is 873. The number of benzene rings is 2. The third kappa shape index (κ3) is 5.08. The van der Waals surface area contributed by atoms with Crippen molar-refractivity contribution in [2.24, 2.45) is 0 Å². The number of phenols is 1. The summed E-state index contributed by atoms with van der Waals surface area (Å²) < 4.78 is 0. The van der Waals surface area contributed by atoms with E-state index < -0.39 is 16.7 Å². The van der Waals surface area contributed by atoms with Crippen LogP contribution in [0.5, 0.6) is 5.75 Å². The first-order valence-corrected chi connectivity index (χ1v) is 7.99. The summed E-state index contributed by atoms with van der Waals surface area (Å²) in [7, 11) is 0. The van der Waals surface area contributed by atoms with Gasteiger partial charge in [-0.15, -0.1) is 0 Å². The van der Waals surface area contributed by atoms with Gasteiger partial charge in [0.2, 0.25) is 5.91 Å². The summed E-state index contributed by atoms with van der Waals surface area (Å²) in [6.45, 7) is -0.475. The SMILES string of the molecule is O=C(CNC(=O)c1ccc(Cl)cc1Cl)NCc1cc([N+](=O)[O-])ccc1O. The lowest BCUT2D eigenvalue weighted by atomic mass is 10.1. The molecule has 26 heavy (non-hydrogen) atoms. The zero-order chi connectivity index (χ0) is 19.3. The van der Waals surface area contributed by atoms with Crippen molar-refractivity contribution >= 4 is 40.7 Å². The van der Waals surface area contributed by atoms with E-state index in [9.17, 15) is 24.8 Å². The highest BCUT2D eigenvalue weighted by molar-refractivity contribution is 6.36. The van der Waals surface area contributed by atoms with Gasteiger partial charge in [0.05, 0.1) is 22.1 Å².